The van der Waals surface area contributed by atoms with E-state index < -0.39 is 0 Å². The zero-order chi connectivity index (χ0) is 24.0. The molecule has 4 aromatic rings. The van der Waals surface area contributed by atoms with Crippen molar-refractivity contribution in [2.75, 3.05) is 11.6 Å². The number of amides is 1. The lowest BCUT2D eigenvalue weighted by atomic mass is 9.69. The Labute approximate surface area is 206 Å². The monoisotopic (exact) mass is 493 g/mol. The van der Waals surface area contributed by atoms with Crippen molar-refractivity contribution in [1.82, 2.24) is 19.2 Å². The Kier molecular flexibility index (Phi) is 5.73. The zero-order valence-corrected chi connectivity index (χ0v) is 20.7. The summed E-state index contributed by atoms with van der Waals surface area (Å²) in [4.78, 5) is 31.7. The highest BCUT2D eigenvalue weighted by Crippen LogP contribution is 2.42. The van der Waals surface area contributed by atoms with Crippen LogP contribution in [-0.2, 0) is 23.2 Å². The molecule has 174 valence electrons. The second-order valence-corrected chi connectivity index (χ2v) is 9.94. The SMILES string of the molecule is CC[C@]1(C)Cc2ccccc2-c2nc3n(CC(=O)Nc4cccc(Cl)c4)nc(SC)n3c(=O)c21. The molecule has 1 amide bonds. The van der Waals surface area contributed by atoms with Gasteiger partial charge in [0.2, 0.25) is 11.7 Å². The second-order valence-electron chi connectivity index (χ2n) is 8.73. The van der Waals surface area contributed by atoms with Gasteiger partial charge in [-0.15, -0.1) is 5.10 Å². The average molecular weight is 494 g/mol. The maximum Gasteiger partial charge on any atom is 0.265 e. The summed E-state index contributed by atoms with van der Waals surface area (Å²) in [5.41, 5.74) is 3.66. The van der Waals surface area contributed by atoms with Crippen molar-refractivity contribution in [2.24, 2.45) is 0 Å². The van der Waals surface area contributed by atoms with E-state index in [4.69, 9.17) is 16.6 Å². The van der Waals surface area contributed by atoms with Gasteiger partial charge in [-0.3, -0.25) is 9.59 Å². The highest BCUT2D eigenvalue weighted by atomic mass is 35.5. The highest BCUT2D eigenvalue weighted by Gasteiger charge is 2.38. The summed E-state index contributed by atoms with van der Waals surface area (Å²) in [6.07, 6.45) is 3.45. The van der Waals surface area contributed by atoms with Gasteiger partial charge in [0.05, 0.1) is 11.3 Å². The minimum absolute atomic E-state index is 0.0888. The average Bonchev–Trinajstić information content (AvgIpc) is 3.16. The summed E-state index contributed by atoms with van der Waals surface area (Å²) in [5.74, 6) is 0.0650. The molecule has 0 unspecified atom stereocenters. The Hall–Kier alpha value is -3.10. The molecule has 0 bridgehead atoms. The molecule has 0 saturated carbocycles. The molecule has 2 heterocycles. The molecule has 2 aromatic heterocycles. The molecule has 0 fully saturated rings. The third-order valence-corrected chi connectivity index (χ3v) is 7.38. The normalized spacial score (nSPS) is 16.8. The van der Waals surface area contributed by atoms with Crippen LogP contribution in [0.5, 0.6) is 0 Å². The van der Waals surface area contributed by atoms with E-state index in [1.807, 2.05) is 24.5 Å². The van der Waals surface area contributed by atoms with Crippen LogP contribution in [0.15, 0.2) is 58.5 Å². The van der Waals surface area contributed by atoms with E-state index in [0.29, 0.717) is 32.9 Å². The highest BCUT2D eigenvalue weighted by molar-refractivity contribution is 7.98. The van der Waals surface area contributed by atoms with E-state index >= 15 is 0 Å². The predicted octanol–water partition coefficient (Wildman–Crippen LogP) is 4.80. The van der Waals surface area contributed by atoms with Crippen LogP contribution in [0, 0.1) is 0 Å². The number of carbonyl (C=O) groups is 1. The third-order valence-electron chi connectivity index (χ3n) is 6.52. The van der Waals surface area contributed by atoms with Crippen molar-refractivity contribution in [3.05, 3.63) is 75.0 Å². The minimum atomic E-state index is -0.337. The van der Waals surface area contributed by atoms with E-state index in [1.165, 1.54) is 26.4 Å². The Morgan fingerprint density at radius 2 is 2.03 bits per heavy atom. The Morgan fingerprint density at radius 3 is 2.76 bits per heavy atom. The topological polar surface area (TPSA) is 81.3 Å². The first kappa shape index (κ1) is 22.7. The van der Waals surface area contributed by atoms with Crippen LogP contribution < -0.4 is 10.9 Å². The van der Waals surface area contributed by atoms with Crippen LogP contribution in [-0.4, -0.2) is 31.3 Å². The molecule has 34 heavy (non-hydrogen) atoms. The number of aromatic nitrogens is 4. The van der Waals surface area contributed by atoms with Gasteiger partial charge in [-0.1, -0.05) is 67.5 Å². The molecular formula is C25H24ClN5O2S. The molecule has 0 aliphatic heterocycles. The van der Waals surface area contributed by atoms with E-state index in [9.17, 15) is 9.59 Å². The van der Waals surface area contributed by atoms with Crippen LogP contribution in [0.2, 0.25) is 5.02 Å². The first-order valence-electron chi connectivity index (χ1n) is 11.1. The van der Waals surface area contributed by atoms with Crippen molar-refractivity contribution < 1.29 is 4.79 Å². The summed E-state index contributed by atoms with van der Waals surface area (Å²) >= 11 is 7.38. The van der Waals surface area contributed by atoms with Gasteiger partial charge in [0, 0.05) is 21.7 Å². The van der Waals surface area contributed by atoms with Crippen LogP contribution in [0.3, 0.4) is 0 Å². The van der Waals surface area contributed by atoms with Gasteiger partial charge in [0.25, 0.3) is 5.56 Å². The molecule has 1 aliphatic carbocycles. The number of nitrogens with zero attached hydrogens (tertiary/aromatic N) is 4. The number of hydrogen-bond acceptors (Lipinski definition) is 5. The largest absolute Gasteiger partial charge is 0.324 e. The molecule has 2 aromatic carbocycles. The van der Waals surface area contributed by atoms with Gasteiger partial charge in [0.1, 0.15) is 6.54 Å². The van der Waals surface area contributed by atoms with Crippen molar-refractivity contribution in [3.63, 3.8) is 0 Å². The summed E-state index contributed by atoms with van der Waals surface area (Å²) in [7, 11) is 0. The van der Waals surface area contributed by atoms with Crippen LogP contribution in [0.25, 0.3) is 17.0 Å². The third kappa shape index (κ3) is 3.71. The number of thioether (sulfide) groups is 1. The van der Waals surface area contributed by atoms with E-state index in [-0.39, 0.29) is 23.4 Å². The molecule has 7 nitrogen and oxygen atoms in total. The second kappa shape index (κ2) is 8.60. The fourth-order valence-electron chi connectivity index (χ4n) is 4.64. The number of rotatable bonds is 5. The first-order valence-corrected chi connectivity index (χ1v) is 12.7. The van der Waals surface area contributed by atoms with E-state index in [2.05, 4.69) is 30.3 Å². The lowest BCUT2D eigenvalue weighted by Gasteiger charge is -2.35. The number of halogens is 1. The van der Waals surface area contributed by atoms with Crippen molar-refractivity contribution in [3.8, 4) is 11.3 Å². The minimum Gasteiger partial charge on any atom is -0.324 e. The quantitative estimate of drug-likeness (QED) is 0.404. The number of hydrogen-bond donors (Lipinski definition) is 1. The number of carbonyl (C=O) groups excluding carboxylic acids is 1. The number of fused-ring (bicyclic) bond motifs is 4. The van der Waals surface area contributed by atoms with Crippen molar-refractivity contribution in [2.45, 2.75) is 43.8 Å². The zero-order valence-electron chi connectivity index (χ0n) is 19.1. The molecule has 5 rings (SSSR count). The molecule has 1 aliphatic rings. The summed E-state index contributed by atoms with van der Waals surface area (Å²) in [5, 5.41) is 8.43. The number of nitrogens with one attached hydrogen (secondary N) is 1. The molecule has 0 radical (unpaired) electrons. The predicted molar refractivity (Wildman–Crippen MR) is 136 cm³/mol. The molecule has 0 spiro atoms. The first-order chi connectivity index (χ1) is 16.3. The molecule has 0 saturated heterocycles. The fourth-order valence-corrected chi connectivity index (χ4v) is 5.36. The van der Waals surface area contributed by atoms with Crippen LogP contribution in [0.4, 0.5) is 5.69 Å². The van der Waals surface area contributed by atoms with Gasteiger partial charge in [-0.2, -0.15) is 0 Å². The van der Waals surface area contributed by atoms with Gasteiger partial charge in [-0.05, 0) is 42.9 Å². The van der Waals surface area contributed by atoms with Crippen molar-refractivity contribution >= 4 is 40.7 Å². The van der Waals surface area contributed by atoms with Crippen LogP contribution >= 0.6 is 23.4 Å². The lowest BCUT2D eigenvalue weighted by Crippen LogP contribution is -2.38. The Morgan fingerprint density at radius 1 is 1.24 bits per heavy atom. The molecule has 9 heteroatoms. The van der Waals surface area contributed by atoms with Gasteiger partial charge >= 0.3 is 0 Å². The molecular weight excluding hydrogens is 470 g/mol. The van der Waals surface area contributed by atoms with E-state index in [0.717, 1.165) is 18.4 Å². The number of anilines is 1. The summed E-state index contributed by atoms with van der Waals surface area (Å²) in [6, 6.07) is 15.0. The van der Waals surface area contributed by atoms with Gasteiger partial charge in [0.15, 0.2) is 5.16 Å². The molecule has 1 atom stereocenters. The van der Waals surface area contributed by atoms with E-state index in [1.54, 1.807) is 24.3 Å². The lowest BCUT2D eigenvalue weighted by molar-refractivity contribution is -0.116. The maximum atomic E-state index is 13.9. The smallest absolute Gasteiger partial charge is 0.265 e. The summed E-state index contributed by atoms with van der Waals surface area (Å²) < 4.78 is 3.03. The van der Waals surface area contributed by atoms with Gasteiger partial charge in [-0.25, -0.2) is 14.1 Å². The Bertz CT molecular complexity index is 1490. The maximum absolute atomic E-state index is 13.9. The summed E-state index contributed by atoms with van der Waals surface area (Å²) in [6.45, 7) is 4.14. The van der Waals surface area contributed by atoms with Gasteiger partial charge < -0.3 is 5.32 Å². The van der Waals surface area contributed by atoms with Crippen molar-refractivity contribution in [1.29, 1.82) is 0 Å². The number of benzene rings is 2. The molecule has 1 N–H and O–H groups in total. The van der Waals surface area contributed by atoms with Crippen LogP contribution in [0.1, 0.15) is 31.4 Å². The fraction of sp³-hybridized carbons (Fsp3) is 0.280. The Balaban J connectivity index is 1.66. The standard InChI is InChI=1S/C25H24ClN5O2S/c1-4-25(2)13-15-8-5-6-11-18(15)21-20(25)22(33)31-23(28-21)30(29-24(31)34-3)14-19(32)27-17-10-7-9-16(26)12-17/h5-12H,4,13-14H2,1-3H3,(H,27,32)/t25-/m1/s1.